The molecular weight excluding hydrogens is 232 g/mol. The van der Waals surface area contributed by atoms with E-state index in [4.69, 9.17) is 4.74 Å². The van der Waals surface area contributed by atoms with Gasteiger partial charge >= 0.3 is 0 Å². The summed E-state index contributed by atoms with van der Waals surface area (Å²) in [7, 11) is 1.67. The van der Waals surface area contributed by atoms with E-state index in [1.54, 1.807) is 7.11 Å². The van der Waals surface area contributed by atoms with Crippen molar-refractivity contribution in [3.05, 3.63) is 17.0 Å². The molecule has 0 radical (unpaired) electrons. The van der Waals surface area contributed by atoms with E-state index in [0.29, 0.717) is 18.8 Å². The lowest BCUT2D eigenvalue weighted by molar-refractivity contribution is 0.0948. The number of carbonyl (C=O) groups excluding carboxylic acids is 1. The average Bonchev–Trinajstić information content (AvgIpc) is 2.95. The molecule has 1 amide bonds. The molecule has 0 unspecified atom stereocenters. The zero-order chi connectivity index (χ0) is 12.8. The Bertz CT molecular complexity index is 403. The molecule has 0 bridgehead atoms. The summed E-state index contributed by atoms with van der Waals surface area (Å²) >= 11 is 0. The Balaban J connectivity index is 1.71. The van der Waals surface area contributed by atoms with E-state index in [9.17, 15) is 4.79 Å². The number of aromatic amines is 1. The minimum atomic E-state index is -0.0806. The summed E-state index contributed by atoms with van der Waals surface area (Å²) in [6.45, 7) is 2.82. The average molecular weight is 252 g/mol. The monoisotopic (exact) mass is 252 g/mol. The molecule has 1 aromatic heterocycles. The van der Waals surface area contributed by atoms with Gasteiger partial charge in [0.25, 0.3) is 5.91 Å². The molecule has 1 heterocycles. The van der Waals surface area contributed by atoms with Crippen LogP contribution < -0.4 is 10.6 Å². The Kier molecular flexibility index (Phi) is 4.72. The van der Waals surface area contributed by atoms with Gasteiger partial charge in [-0.05, 0) is 19.3 Å². The van der Waals surface area contributed by atoms with Crippen LogP contribution in [0.3, 0.4) is 0 Å². The second-order valence-corrected chi connectivity index (χ2v) is 4.38. The molecule has 1 aliphatic carbocycles. The van der Waals surface area contributed by atoms with Crippen molar-refractivity contribution in [1.29, 1.82) is 0 Å². The van der Waals surface area contributed by atoms with Gasteiger partial charge in [-0.25, -0.2) is 0 Å². The van der Waals surface area contributed by atoms with E-state index in [-0.39, 0.29) is 5.91 Å². The molecule has 0 aromatic carbocycles. The highest BCUT2D eigenvalue weighted by Gasteiger charge is 2.22. The van der Waals surface area contributed by atoms with Crippen molar-refractivity contribution in [2.75, 3.05) is 33.4 Å². The van der Waals surface area contributed by atoms with E-state index >= 15 is 0 Å². The molecule has 0 saturated carbocycles. The first-order valence-corrected chi connectivity index (χ1v) is 6.37. The van der Waals surface area contributed by atoms with Gasteiger partial charge in [0.1, 0.15) is 0 Å². The molecule has 1 aromatic rings. The lowest BCUT2D eigenvalue weighted by Crippen LogP contribution is -2.33. The van der Waals surface area contributed by atoms with Crippen LogP contribution in [0.1, 0.15) is 28.2 Å². The van der Waals surface area contributed by atoms with Crippen LogP contribution in [0.5, 0.6) is 0 Å². The van der Waals surface area contributed by atoms with Gasteiger partial charge in [0.2, 0.25) is 0 Å². The predicted molar refractivity (Wildman–Crippen MR) is 67.7 cm³/mol. The number of nitrogens with one attached hydrogen (secondary N) is 3. The summed E-state index contributed by atoms with van der Waals surface area (Å²) in [5, 5.41) is 13.1. The summed E-state index contributed by atoms with van der Waals surface area (Å²) in [6.07, 6.45) is 3.08. The van der Waals surface area contributed by atoms with Gasteiger partial charge in [0.05, 0.1) is 6.61 Å². The maximum atomic E-state index is 11.9. The van der Waals surface area contributed by atoms with Gasteiger partial charge < -0.3 is 15.4 Å². The minimum absolute atomic E-state index is 0.0806. The smallest absolute Gasteiger partial charge is 0.272 e. The van der Waals surface area contributed by atoms with Crippen LogP contribution >= 0.6 is 0 Å². The lowest BCUT2D eigenvalue weighted by atomic mass is 10.2. The van der Waals surface area contributed by atoms with Crippen molar-refractivity contribution < 1.29 is 9.53 Å². The molecular formula is C12H20N4O2. The highest BCUT2D eigenvalue weighted by Crippen LogP contribution is 2.22. The molecule has 0 spiro atoms. The van der Waals surface area contributed by atoms with E-state index in [2.05, 4.69) is 20.8 Å². The summed E-state index contributed by atoms with van der Waals surface area (Å²) < 4.78 is 4.91. The number of aromatic nitrogens is 2. The fourth-order valence-electron chi connectivity index (χ4n) is 2.15. The Labute approximate surface area is 106 Å². The SMILES string of the molecule is COCCNCCNC(=O)c1n[nH]c2c1CCC2. The van der Waals surface area contributed by atoms with Crippen molar-refractivity contribution >= 4 is 5.91 Å². The number of amides is 1. The molecule has 18 heavy (non-hydrogen) atoms. The molecule has 0 atom stereocenters. The third-order valence-corrected chi connectivity index (χ3v) is 3.09. The summed E-state index contributed by atoms with van der Waals surface area (Å²) in [6, 6.07) is 0. The molecule has 100 valence electrons. The largest absolute Gasteiger partial charge is 0.383 e. The van der Waals surface area contributed by atoms with Gasteiger partial charge in [-0.1, -0.05) is 0 Å². The van der Waals surface area contributed by atoms with Gasteiger partial charge in [0, 0.05) is 38.0 Å². The van der Waals surface area contributed by atoms with Crippen LogP contribution in [0.25, 0.3) is 0 Å². The Morgan fingerprint density at radius 2 is 2.28 bits per heavy atom. The summed E-state index contributed by atoms with van der Waals surface area (Å²) in [5.41, 5.74) is 2.79. The number of hydrogen-bond donors (Lipinski definition) is 3. The molecule has 2 rings (SSSR count). The Morgan fingerprint density at radius 3 is 3.11 bits per heavy atom. The molecule has 0 fully saturated rings. The van der Waals surface area contributed by atoms with Crippen LogP contribution in [-0.4, -0.2) is 49.5 Å². The molecule has 0 aliphatic heterocycles. The Morgan fingerprint density at radius 1 is 1.39 bits per heavy atom. The van der Waals surface area contributed by atoms with Crippen LogP contribution in [0.4, 0.5) is 0 Å². The number of H-pyrrole nitrogens is 1. The van der Waals surface area contributed by atoms with Crippen molar-refractivity contribution in [2.24, 2.45) is 0 Å². The van der Waals surface area contributed by atoms with Crippen LogP contribution in [0.15, 0.2) is 0 Å². The van der Waals surface area contributed by atoms with Gasteiger partial charge in [-0.3, -0.25) is 9.89 Å². The number of hydrogen-bond acceptors (Lipinski definition) is 4. The van der Waals surface area contributed by atoms with E-state index < -0.39 is 0 Å². The van der Waals surface area contributed by atoms with E-state index in [1.807, 2.05) is 0 Å². The van der Waals surface area contributed by atoms with Crippen molar-refractivity contribution in [3.63, 3.8) is 0 Å². The molecule has 0 saturated heterocycles. The van der Waals surface area contributed by atoms with Gasteiger partial charge in [-0.15, -0.1) is 0 Å². The third kappa shape index (κ3) is 3.08. The van der Waals surface area contributed by atoms with E-state index in [0.717, 1.165) is 43.6 Å². The van der Waals surface area contributed by atoms with Gasteiger partial charge in [-0.2, -0.15) is 5.10 Å². The van der Waals surface area contributed by atoms with Crippen LogP contribution in [0.2, 0.25) is 0 Å². The zero-order valence-corrected chi connectivity index (χ0v) is 10.7. The highest BCUT2D eigenvalue weighted by atomic mass is 16.5. The van der Waals surface area contributed by atoms with Gasteiger partial charge in [0.15, 0.2) is 5.69 Å². The molecule has 1 aliphatic rings. The Hall–Kier alpha value is -1.40. The van der Waals surface area contributed by atoms with Crippen LogP contribution in [0, 0.1) is 0 Å². The second-order valence-electron chi connectivity index (χ2n) is 4.38. The maximum Gasteiger partial charge on any atom is 0.272 e. The summed E-state index contributed by atoms with van der Waals surface area (Å²) in [5.74, 6) is -0.0806. The predicted octanol–water partition coefficient (Wildman–Crippen LogP) is -0.136. The quantitative estimate of drug-likeness (QED) is 0.590. The first-order chi connectivity index (χ1) is 8.83. The minimum Gasteiger partial charge on any atom is -0.383 e. The summed E-state index contributed by atoms with van der Waals surface area (Å²) in [4.78, 5) is 11.9. The van der Waals surface area contributed by atoms with Crippen LogP contribution in [-0.2, 0) is 17.6 Å². The molecule has 6 nitrogen and oxygen atoms in total. The molecule has 6 heteroatoms. The fraction of sp³-hybridized carbons (Fsp3) is 0.667. The van der Waals surface area contributed by atoms with Crippen molar-refractivity contribution in [3.8, 4) is 0 Å². The second kappa shape index (κ2) is 6.51. The number of ether oxygens (including phenoxy) is 1. The zero-order valence-electron chi connectivity index (χ0n) is 10.7. The fourth-order valence-corrected chi connectivity index (χ4v) is 2.15. The molecule has 3 N–H and O–H groups in total. The van der Waals surface area contributed by atoms with Crippen molar-refractivity contribution in [1.82, 2.24) is 20.8 Å². The highest BCUT2D eigenvalue weighted by molar-refractivity contribution is 5.94. The lowest BCUT2D eigenvalue weighted by Gasteiger charge is -2.05. The number of fused-ring (bicyclic) bond motifs is 1. The van der Waals surface area contributed by atoms with Crippen molar-refractivity contribution in [2.45, 2.75) is 19.3 Å². The number of rotatable bonds is 7. The third-order valence-electron chi connectivity index (χ3n) is 3.09. The first-order valence-electron chi connectivity index (χ1n) is 6.37. The normalized spacial score (nSPS) is 13.6. The first kappa shape index (κ1) is 13.0. The number of aryl methyl sites for hydroxylation is 1. The topological polar surface area (TPSA) is 79.0 Å². The number of methoxy groups -OCH3 is 1. The number of nitrogens with zero attached hydrogens (tertiary/aromatic N) is 1. The number of carbonyl (C=O) groups is 1. The van der Waals surface area contributed by atoms with E-state index in [1.165, 1.54) is 0 Å². The maximum absolute atomic E-state index is 11.9. The standard InChI is InChI=1S/C12H20N4O2/c1-18-8-7-13-5-6-14-12(17)11-9-3-2-4-10(9)15-16-11/h13H,2-8H2,1H3,(H,14,17)(H,15,16).